The number of benzene rings is 1. The second-order valence-corrected chi connectivity index (χ2v) is 11.4. The molecule has 2 saturated heterocycles. The molecule has 0 radical (unpaired) electrons. The molecule has 3 heterocycles. The summed E-state index contributed by atoms with van der Waals surface area (Å²) >= 11 is 1.72. The van der Waals surface area contributed by atoms with Gasteiger partial charge >= 0.3 is 0 Å². The fraction of sp³-hybridized carbons (Fsp3) is 0.619. The smallest absolute Gasteiger partial charge is 0.261 e. The number of hydrogen-bond acceptors (Lipinski definition) is 7. The summed E-state index contributed by atoms with van der Waals surface area (Å²) in [4.78, 5) is 19.7. The van der Waals surface area contributed by atoms with Crippen molar-refractivity contribution in [3.63, 3.8) is 0 Å². The highest BCUT2D eigenvalue weighted by atomic mass is 32.2. The minimum absolute atomic E-state index is 0. The summed E-state index contributed by atoms with van der Waals surface area (Å²) in [6, 6.07) is 2.80. The lowest BCUT2D eigenvalue weighted by molar-refractivity contribution is 0.1000. The van der Waals surface area contributed by atoms with E-state index in [2.05, 4.69) is 15.3 Å². The highest BCUT2D eigenvalue weighted by Gasteiger charge is 2.26. The maximum atomic E-state index is 14.7. The number of sulfonamides is 1. The molecule has 2 N–H and O–H groups in total. The van der Waals surface area contributed by atoms with Crippen molar-refractivity contribution in [2.45, 2.75) is 50.2 Å². The number of nitrogens with zero attached hydrogens (tertiary/aromatic N) is 2. The maximum Gasteiger partial charge on any atom is 0.261 e. The normalized spacial score (nSPS) is 20.8. The standard InChI is InChI=1S/C20H27FN4O4S2.CH4/c1-31(27,28)25-6-2-3-13(11-25)22-14-9-16(21)19-17(10-14)23-18(24-20(19)26)12-30-15-4-7-29-8-5-15;/h9-10,13,15,22H,2-8,11-12H2,1H3,(H,23,24,26);1H4/t13-;/m1./s1. The molecule has 4 rings (SSSR count). The zero-order valence-electron chi connectivity index (χ0n) is 17.4. The first-order chi connectivity index (χ1) is 14.8. The molecular weight excluding hydrogens is 455 g/mol. The quantitative estimate of drug-likeness (QED) is 0.647. The van der Waals surface area contributed by atoms with Crippen molar-refractivity contribution in [3.8, 4) is 0 Å². The Bertz CT molecular complexity index is 1100. The van der Waals surface area contributed by atoms with Crippen LogP contribution in [0.4, 0.5) is 10.1 Å². The second-order valence-electron chi connectivity index (χ2n) is 8.09. The molecule has 2 aliphatic rings. The van der Waals surface area contributed by atoms with Crippen molar-refractivity contribution in [1.29, 1.82) is 0 Å². The van der Waals surface area contributed by atoms with E-state index < -0.39 is 21.4 Å². The lowest BCUT2D eigenvalue weighted by Crippen LogP contribution is -2.44. The zero-order valence-corrected chi connectivity index (χ0v) is 19.0. The van der Waals surface area contributed by atoms with Gasteiger partial charge in [0.05, 0.1) is 17.5 Å². The van der Waals surface area contributed by atoms with Crippen molar-refractivity contribution in [2.24, 2.45) is 0 Å². The first-order valence-electron chi connectivity index (χ1n) is 10.4. The summed E-state index contributed by atoms with van der Waals surface area (Å²) in [7, 11) is -3.27. The number of ether oxygens (including phenoxy) is 1. The molecule has 8 nitrogen and oxygen atoms in total. The summed E-state index contributed by atoms with van der Waals surface area (Å²) in [5.41, 5.74) is 0.300. The maximum absolute atomic E-state index is 14.7. The number of piperidine rings is 1. The predicted molar refractivity (Wildman–Crippen MR) is 127 cm³/mol. The largest absolute Gasteiger partial charge is 0.381 e. The number of H-pyrrole nitrogens is 1. The molecule has 1 aromatic heterocycles. The van der Waals surface area contributed by atoms with E-state index in [-0.39, 0.29) is 18.9 Å². The Morgan fingerprint density at radius 1 is 1.31 bits per heavy atom. The van der Waals surface area contributed by atoms with Gasteiger partial charge in [-0.2, -0.15) is 11.8 Å². The lowest BCUT2D eigenvalue weighted by Gasteiger charge is -2.32. The van der Waals surface area contributed by atoms with Gasteiger partial charge in [-0.05, 0) is 37.8 Å². The molecule has 0 spiro atoms. The van der Waals surface area contributed by atoms with Crippen LogP contribution in [0.3, 0.4) is 0 Å². The monoisotopic (exact) mass is 486 g/mol. The molecule has 1 atom stereocenters. The van der Waals surface area contributed by atoms with Gasteiger partial charge in [0.15, 0.2) is 0 Å². The number of aromatic amines is 1. The zero-order chi connectivity index (χ0) is 22.0. The SMILES string of the molecule is C.CS(=O)(=O)N1CCC[C@@H](Nc2cc(F)c3c(=O)[nH]c(CSC4CCOCC4)nc3c2)C1. The minimum Gasteiger partial charge on any atom is -0.381 e. The Hall–Kier alpha value is -1.69. The Balaban J connectivity index is 0.00000289. The van der Waals surface area contributed by atoms with E-state index >= 15 is 0 Å². The van der Waals surface area contributed by atoms with Gasteiger partial charge in [0.25, 0.3) is 5.56 Å². The lowest BCUT2D eigenvalue weighted by atomic mass is 10.1. The van der Waals surface area contributed by atoms with Gasteiger partial charge in [-0.15, -0.1) is 0 Å². The van der Waals surface area contributed by atoms with Crippen molar-refractivity contribution in [2.75, 3.05) is 37.9 Å². The summed E-state index contributed by atoms with van der Waals surface area (Å²) in [5.74, 6) is 0.417. The van der Waals surface area contributed by atoms with Crippen LogP contribution in [0.25, 0.3) is 10.9 Å². The van der Waals surface area contributed by atoms with Crippen molar-refractivity contribution in [3.05, 3.63) is 34.1 Å². The van der Waals surface area contributed by atoms with E-state index in [4.69, 9.17) is 4.74 Å². The molecule has 0 bridgehead atoms. The van der Waals surface area contributed by atoms with Gasteiger partial charge in [0, 0.05) is 43.3 Å². The molecule has 11 heteroatoms. The molecule has 2 aliphatic heterocycles. The molecule has 178 valence electrons. The Morgan fingerprint density at radius 3 is 2.78 bits per heavy atom. The van der Waals surface area contributed by atoms with Crippen LogP contribution in [0.2, 0.25) is 0 Å². The molecule has 0 aliphatic carbocycles. The number of aromatic nitrogens is 2. The fourth-order valence-corrected chi connectivity index (χ4v) is 6.03. The Morgan fingerprint density at radius 2 is 2.06 bits per heavy atom. The van der Waals surface area contributed by atoms with Crippen LogP contribution < -0.4 is 10.9 Å². The van der Waals surface area contributed by atoms with E-state index in [0.29, 0.717) is 41.1 Å². The first kappa shape index (κ1) is 24.9. The summed E-state index contributed by atoms with van der Waals surface area (Å²) < 4.78 is 45.2. The molecule has 1 aromatic carbocycles. The Labute approximate surface area is 192 Å². The van der Waals surface area contributed by atoms with Crippen molar-refractivity contribution >= 4 is 38.4 Å². The number of fused-ring (bicyclic) bond motifs is 1. The van der Waals surface area contributed by atoms with Crippen molar-refractivity contribution in [1.82, 2.24) is 14.3 Å². The predicted octanol–water partition coefficient (Wildman–Crippen LogP) is 2.95. The van der Waals surface area contributed by atoms with Crippen LogP contribution in [0.15, 0.2) is 16.9 Å². The molecule has 0 unspecified atom stereocenters. The average molecular weight is 487 g/mol. The summed E-state index contributed by atoms with van der Waals surface area (Å²) in [6.45, 7) is 2.32. The highest BCUT2D eigenvalue weighted by Crippen LogP contribution is 2.26. The second kappa shape index (κ2) is 10.5. The average Bonchev–Trinajstić information content (AvgIpc) is 2.72. The van der Waals surface area contributed by atoms with Crippen LogP contribution in [0.1, 0.15) is 38.9 Å². The van der Waals surface area contributed by atoms with Gasteiger partial charge in [-0.25, -0.2) is 22.1 Å². The number of rotatable bonds is 6. The van der Waals surface area contributed by atoms with E-state index in [1.807, 2.05) is 0 Å². The third-order valence-corrected chi connectivity index (χ3v) is 8.31. The molecule has 2 aromatic rings. The van der Waals surface area contributed by atoms with Crippen molar-refractivity contribution < 1.29 is 17.5 Å². The van der Waals surface area contributed by atoms with Crippen LogP contribution >= 0.6 is 11.8 Å². The minimum atomic E-state index is -3.27. The van der Waals surface area contributed by atoms with Gasteiger partial charge < -0.3 is 15.0 Å². The molecule has 32 heavy (non-hydrogen) atoms. The molecule has 0 amide bonds. The number of nitrogens with one attached hydrogen (secondary N) is 2. The van der Waals surface area contributed by atoms with E-state index in [1.54, 1.807) is 17.8 Å². The fourth-order valence-electron chi connectivity index (χ4n) is 4.06. The van der Waals surface area contributed by atoms with Crippen LogP contribution in [0.5, 0.6) is 0 Å². The van der Waals surface area contributed by atoms with Crippen LogP contribution in [-0.2, 0) is 20.5 Å². The first-order valence-corrected chi connectivity index (χ1v) is 13.3. The number of thioether (sulfide) groups is 1. The van der Waals surface area contributed by atoms with Crippen LogP contribution in [-0.4, -0.2) is 66.5 Å². The van der Waals surface area contributed by atoms with E-state index in [1.165, 1.54) is 16.6 Å². The summed E-state index contributed by atoms with van der Waals surface area (Å²) in [5, 5.41) is 3.62. The number of anilines is 1. The number of halogens is 1. The number of hydrogen-bond donors (Lipinski definition) is 2. The molecule has 0 saturated carbocycles. The van der Waals surface area contributed by atoms with Crippen LogP contribution in [0, 0.1) is 5.82 Å². The Kier molecular flexibility index (Phi) is 8.18. The van der Waals surface area contributed by atoms with Gasteiger partial charge in [0.1, 0.15) is 17.0 Å². The van der Waals surface area contributed by atoms with Gasteiger partial charge in [-0.3, -0.25) is 4.79 Å². The van der Waals surface area contributed by atoms with Gasteiger partial charge in [0.2, 0.25) is 10.0 Å². The van der Waals surface area contributed by atoms with E-state index in [0.717, 1.165) is 38.9 Å². The highest BCUT2D eigenvalue weighted by molar-refractivity contribution is 7.99. The summed E-state index contributed by atoms with van der Waals surface area (Å²) in [6.07, 6.45) is 4.64. The molecule has 2 fully saturated rings. The topological polar surface area (TPSA) is 104 Å². The molecular formula is C21H31FN4O4S2. The van der Waals surface area contributed by atoms with Gasteiger partial charge in [-0.1, -0.05) is 7.43 Å². The third-order valence-electron chi connectivity index (χ3n) is 5.66. The third kappa shape index (κ3) is 6.00. The van der Waals surface area contributed by atoms with E-state index in [9.17, 15) is 17.6 Å².